The molecule has 0 unspecified atom stereocenters. The second-order valence-corrected chi connectivity index (χ2v) is 7.56. The summed E-state index contributed by atoms with van der Waals surface area (Å²) in [6.45, 7) is 8.61. The van der Waals surface area contributed by atoms with Crippen LogP contribution in [-0.4, -0.2) is 69.9 Å². The van der Waals surface area contributed by atoms with Gasteiger partial charge in [0.05, 0.1) is 24.6 Å². The highest BCUT2D eigenvalue weighted by atomic mass is 16.5. The van der Waals surface area contributed by atoms with Crippen LogP contribution in [0.5, 0.6) is 5.75 Å². The number of anilines is 2. The summed E-state index contributed by atoms with van der Waals surface area (Å²) in [5.41, 5.74) is 3.69. The summed E-state index contributed by atoms with van der Waals surface area (Å²) < 4.78 is 11.2. The number of piperazine rings is 1. The van der Waals surface area contributed by atoms with Crippen molar-refractivity contribution in [2.24, 2.45) is 0 Å². The minimum Gasteiger partial charge on any atom is -0.484 e. The molecule has 0 N–H and O–H groups in total. The lowest BCUT2D eigenvalue weighted by Gasteiger charge is -2.39. The maximum absolute atomic E-state index is 12.6. The first-order chi connectivity index (χ1) is 14.2. The third kappa shape index (κ3) is 4.82. The number of ether oxygens (including phenoxy) is 2. The summed E-state index contributed by atoms with van der Waals surface area (Å²) in [5.74, 6) is 0.786. The molecule has 0 aliphatic carbocycles. The molecular formula is C23H29N3O3. The molecule has 1 amide bonds. The van der Waals surface area contributed by atoms with Crippen LogP contribution in [0.2, 0.25) is 0 Å². The Labute approximate surface area is 172 Å². The Hall–Kier alpha value is -2.73. The van der Waals surface area contributed by atoms with Gasteiger partial charge in [-0.05, 0) is 31.2 Å². The lowest BCUT2D eigenvalue weighted by Crippen LogP contribution is -2.50. The first kappa shape index (κ1) is 19.6. The molecule has 2 aliphatic heterocycles. The number of nitrogens with zero attached hydrogens (tertiary/aromatic N) is 3. The molecule has 4 rings (SSSR count). The molecule has 29 heavy (non-hydrogen) atoms. The third-order valence-corrected chi connectivity index (χ3v) is 5.59. The Kier molecular flexibility index (Phi) is 6.20. The monoisotopic (exact) mass is 395 g/mol. The van der Waals surface area contributed by atoms with Crippen LogP contribution < -0.4 is 14.5 Å². The van der Waals surface area contributed by atoms with Crippen LogP contribution in [0.25, 0.3) is 0 Å². The van der Waals surface area contributed by atoms with Gasteiger partial charge in [-0.2, -0.15) is 0 Å². The fraction of sp³-hybridized carbons (Fsp3) is 0.435. The van der Waals surface area contributed by atoms with E-state index in [9.17, 15) is 4.79 Å². The zero-order valence-electron chi connectivity index (χ0n) is 17.0. The lowest BCUT2D eigenvalue weighted by atomic mass is 10.2. The molecule has 2 saturated heterocycles. The number of rotatable bonds is 5. The highest BCUT2D eigenvalue weighted by Gasteiger charge is 2.24. The van der Waals surface area contributed by atoms with Crippen molar-refractivity contribution in [2.45, 2.75) is 6.92 Å². The van der Waals surface area contributed by atoms with Gasteiger partial charge in [-0.1, -0.05) is 29.8 Å². The second-order valence-electron chi connectivity index (χ2n) is 7.56. The number of amides is 1. The molecule has 0 saturated carbocycles. The van der Waals surface area contributed by atoms with E-state index in [2.05, 4.69) is 34.1 Å². The molecule has 2 heterocycles. The second kappa shape index (κ2) is 9.18. The molecule has 0 radical (unpaired) electrons. The third-order valence-electron chi connectivity index (χ3n) is 5.59. The van der Waals surface area contributed by atoms with Crippen LogP contribution >= 0.6 is 0 Å². The van der Waals surface area contributed by atoms with Crippen molar-refractivity contribution >= 4 is 17.3 Å². The molecule has 6 nitrogen and oxygen atoms in total. The zero-order chi connectivity index (χ0) is 20.1. The van der Waals surface area contributed by atoms with Crippen LogP contribution in [0.4, 0.5) is 11.4 Å². The van der Waals surface area contributed by atoms with E-state index in [1.165, 1.54) is 16.9 Å². The highest BCUT2D eigenvalue weighted by molar-refractivity contribution is 5.78. The van der Waals surface area contributed by atoms with Crippen LogP contribution in [0.3, 0.4) is 0 Å². The van der Waals surface area contributed by atoms with E-state index >= 15 is 0 Å². The van der Waals surface area contributed by atoms with Crippen LogP contribution in [-0.2, 0) is 9.53 Å². The van der Waals surface area contributed by atoms with Crippen molar-refractivity contribution in [2.75, 3.05) is 68.9 Å². The SMILES string of the molecule is Cc1ccc(OCC(=O)N2CCN(c3ccccc3N3CCOCC3)CC2)cc1. The van der Waals surface area contributed by atoms with Gasteiger partial charge in [0.15, 0.2) is 6.61 Å². The average molecular weight is 396 g/mol. The molecule has 0 bridgehead atoms. The van der Waals surface area contributed by atoms with Gasteiger partial charge in [-0.3, -0.25) is 4.79 Å². The minimum absolute atomic E-state index is 0.0479. The van der Waals surface area contributed by atoms with E-state index in [1.807, 2.05) is 36.1 Å². The number of aryl methyl sites for hydroxylation is 1. The lowest BCUT2D eigenvalue weighted by molar-refractivity contribution is -0.133. The van der Waals surface area contributed by atoms with Gasteiger partial charge < -0.3 is 24.2 Å². The molecular weight excluding hydrogens is 366 g/mol. The summed E-state index contributed by atoms with van der Waals surface area (Å²) in [4.78, 5) is 19.2. The molecule has 2 fully saturated rings. The fourth-order valence-corrected chi connectivity index (χ4v) is 3.87. The smallest absolute Gasteiger partial charge is 0.260 e. The minimum atomic E-state index is 0.0479. The number of carbonyl (C=O) groups is 1. The summed E-state index contributed by atoms with van der Waals surface area (Å²) in [7, 11) is 0. The van der Waals surface area contributed by atoms with E-state index in [1.54, 1.807) is 0 Å². The topological polar surface area (TPSA) is 45.2 Å². The predicted octanol–water partition coefficient (Wildman–Crippen LogP) is 2.56. The van der Waals surface area contributed by atoms with E-state index in [4.69, 9.17) is 9.47 Å². The number of benzene rings is 2. The van der Waals surface area contributed by atoms with E-state index in [0.29, 0.717) is 13.1 Å². The Morgan fingerprint density at radius 1 is 0.862 bits per heavy atom. The van der Waals surface area contributed by atoms with E-state index in [-0.39, 0.29) is 12.5 Å². The quantitative estimate of drug-likeness (QED) is 0.779. The Bertz CT molecular complexity index is 810. The van der Waals surface area contributed by atoms with Crippen molar-refractivity contribution in [1.82, 2.24) is 4.90 Å². The average Bonchev–Trinajstić information content (AvgIpc) is 2.79. The number of hydrogen-bond acceptors (Lipinski definition) is 5. The zero-order valence-corrected chi connectivity index (χ0v) is 17.0. The number of para-hydroxylation sites is 2. The summed E-state index contributed by atoms with van der Waals surface area (Å²) >= 11 is 0. The summed E-state index contributed by atoms with van der Waals surface area (Å²) in [5, 5.41) is 0. The number of carbonyl (C=O) groups excluding carboxylic acids is 1. The van der Waals surface area contributed by atoms with Crippen LogP contribution in [0, 0.1) is 6.92 Å². The molecule has 2 aliphatic rings. The van der Waals surface area contributed by atoms with Gasteiger partial charge in [-0.25, -0.2) is 0 Å². The molecule has 2 aromatic carbocycles. The maximum atomic E-state index is 12.6. The van der Waals surface area contributed by atoms with Crippen molar-refractivity contribution in [1.29, 1.82) is 0 Å². The summed E-state index contributed by atoms with van der Waals surface area (Å²) in [6.07, 6.45) is 0. The summed E-state index contributed by atoms with van der Waals surface area (Å²) in [6, 6.07) is 16.3. The Morgan fingerprint density at radius 3 is 2.07 bits per heavy atom. The van der Waals surface area contributed by atoms with Gasteiger partial charge in [0.2, 0.25) is 0 Å². The van der Waals surface area contributed by atoms with Gasteiger partial charge in [0.1, 0.15) is 5.75 Å². The van der Waals surface area contributed by atoms with Crippen LogP contribution in [0.1, 0.15) is 5.56 Å². The first-order valence-electron chi connectivity index (χ1n) is 10.3. The Balaban J connectivity index is 1.32. The fourth-order valence-electron chi connectivity index (χ4n) is 3.87. The van der Waals surface area contributed by atoms with Crippen LogP contribution in [0.15, 0.2) is 48.5 Å². The van der Waals surface area contributed by atoms with Crippen molar-refractivity contribution in [3.05, 3.63) is 54.1 Å². The molecule has 6 heteroatoms. The number of morpholine rings is 1. The molecule has 154 valence electrons. The first-order valence-corrected chi connectivity index (χ1v) is 10.3. The maximum Gasteiger partial charge on any atom is 0.260 e. The van der Waals surface area contributed by atoms with E-state index < -0.39 is 0 Å². The molecule has 0 atom stereocenters. The number of hydrogen-bond donors (Lipinski definition) is 0. The van der Waals surface area contributed by atoms with Crippen molar-refractivity contribution in [3.8, 4) is 5.75 Å². The standard InChI is InChI=1S/C23H29N3O3/c1-19-6-8-20(9-7-19)29-18-23(27)26-12-10-24(11-13-26)21-4-2-3-5-22(21)25-14-16-28-17-15-25/h2-9H,10-18H2,1H3. The predicted molar refractivity (Wildman–Crippen MR) is 115 cm³/mol. The normalized spacial score (nSPS) is 17.3. The van der Waals surface area contributed by atoms with E-state index in [0.717, 1.165) is 45.1 Å². The van der Waals surface area contributed by atoms with Crippen molar-refractivity contribution < 1.29 is 14.3 Å². The largest absolute Gasteiger partial charge is 0.484 e. The molecule has 2 aromatic rings. The van der Waals surface area contributed by atoms with Gasteiger partial charge in [-0.15, -0.1) is 0 Å². The van der Waals surface area contributed by atoms with Gasteiger partial charge in [0.25, 0.3) is 5.91 Å². The van der Waals surface area contributed by atoms with Crippen molar-refractivity contribution in [3.63, 3.8) is 0 Å². The van der Waals surface area contributed by atoms with Gasteiger partial charge in [0, 0.05) is 39.3 Å². The Morgan fingerprint density at radius 2 is 1.45 bits per heavy atom. The molecule has 0 spiro atoms. The van der Waals surface area contributed by atoms with Gasteiger partial charge >= 0.3 is 0 Å². The molecule has 0 aromatic heterocycles. The highest BCUT2D eigenvalue weighted by Crippen LogP contribution is 2.30.